The lowest BCUT2D eigenvalue weighted by atomic mass is 9.88. The van der Waals surface area contributed by atoms with E-state index in [1.54, 1.807) is 11.8 Å². The molecule has 3 aromatic carbocycles. The Bertz CT molecular complexity index is 1180. The molecule has 1 aliphatic rings. The normalized spacial score (nSPS) is 14.5. The van der Waals surface area contributed by atoms with Crippen molar-refractivity contribution in [1.82, 2.24) is 0 Å². The SMILES string of the molecule is CC(=O)N1c2ccc(NC(=O)c3ccc(-c4ccccc4)cc3)cc2C(C)=CC1(C)C. The average Bonchev–Trinajstić information content (AvgIpc) is 2.74. The number of allylic oxidation sites excluding steroid dienone is 1. The summed E-state index contributed by atoms with van der Waals surface area (Å²) in [5.41, 5.74) is 5.98. The van der Waals surface area contributed by atoms with E-state index in [2.05, 4.69) is 11.4 Å². The molecule has 3 aromatic rings. The van der Waals surface area contributed by atoms with Crippen LogP contribution >= 0.6 is 0 Å². The molecule has 0 saturated heterocycles. The van der Waals surface area contributed by atoms with Gasteiger partial charge in [0.05, 0.1) is 11.2 Å². The third-order valence-electron chi connectivity index (χ3n) is 5.64. The molecule has 0 saturated carbocycles. The number of fused-ring (bicyclic) bond motifs is 1. The van der Waals surface area contributed by atoms with E-state index < -0.39 is 5.54 Å². The van der Waals surface area contributed by atoms with Crippen molar-refractivity contribution >= 4 is 28.8 Å². The zero-order chi connectivity index (χ0) is 22.2. The largest absolute Gasteiger partial charge is 0.322 e. The molecule has 0 aliphatic carbocycles. The Kier molecular flexibility index (Phi) is 5.24. The minimum Gasteiger partial charge on any atom is -0.322 e. The van der Waals surface area contributed by atoms with E-state index in [0.29, 0.717) is 11.3 Å². The Labute approximate surface area is 183 Å². The van der Waals surface area contributed by atoms with Gasteiger partial charge in [0.1, 0.15) is 0 Å². The number of nitrogens with zero attached hydrogens (tertiary/aromatic N) is 1. The number of hydrogen-bond acceptors (Lipinski definition) is 2. The van der Waals surface area contributed by atoms with Crippen molar-refractivity contribution in [3.63, 3.8) is 0 Å². The second kappa shape index (κ2) is 7.88. The van der Waals surface area contributed by atoms with Crippen LogP contribution in [-0.4, -0.2) is 17.4 Å². The Morgan fingerprint density at radius 3 is 2.16 bits per heavy atom. The van der Waals surface area contributed by atoms with Crippen molar-refractivity contribution < 1.29 is 9.59 Å². The molecule has 0 atom stereocenters. The van der Waals surface area contributed by atoms with E-state index in [4.69, 9.17) is 0 Å². The molecule has 156 valence electrons. The summed E-state index contributed by atoms with van der Waals surface area (Å²) in [6, 6.07) is 23.3. The minimum atomic E-state index is -0.395. The van der Waals surface area contributed by atoms with Gasteiger partial charge in [-0.15, -0.1) is 0 Å². The van der Waals surface area contributed by atoms with Crippen LogP contribution in [0.2, 0.25) is 0 Å². The van der Waals surface area contributed by atoms with Crippen LogP contribution in [0.3, 0.4) is 0 Å². The maximum absolute atomic E-state index is 12.8. The number of nitrogens with one attached hydrogen (secondary N) is 1. The van der Waals surface area contributed by atoms with Gasteiger partial charge in [-0.1, -0.05) is 48.5 Å². The topological polar surface area (TPSA) is 49.4 Å². The Morgan fingerprint density at radius 1 is 0.871 bits per heavy atom. The second-order valence-corrected chi connectivity index (χ2v) is 8.46. The molecule has 1 N–H and O–H groups in total. The highest BCUT2D eigenvalue weighted by molar-refractivity contribution is 6.05. The molecule has 1 aliphatic heterocycles. The molecular weight excluding hydrogens is 384 g/mol. The average molecular weight is 411 g/mol. The molecule has 4 heteroatoms. The highest BCUT2D eigenvalue weighted by Crippen LogP contribution is 2.40. The van der Waals surface area contributed by atoms with Crippen molar-refractivity contribution in [3.05, 3.63) is 90.0 Å². The van der Waals surface area contributed by atoms with Crippen molar-refractivity contribution in [2.75, 3.05) is 10.2 Å². The van der Waals surface area contributed by atoms with Gasteiger partial charge < -0.3 is 10.2 Å². The van der Waals surface area contributed by atoms with Crippen LogP contribution in [0.4, 0.5) is 11.4 Å². The third-order valence-corrected chi connectivity index (χ3v) is 5.64. The number of anilines is 2. The molecule has 0 aromatic heterocycles. The van der Waals surface area contributed by atoms with E-state index in [1.165, 1.54) is 0 Å². The quantitative estimate of drug-likeness (QED) is 0.563. The summed E-state index contributed by atoms with van der Waals surface area (Å²) in [6.07, 6.45) is 2.09. The van der Waals surface area contributed by atoms with E-state index in [0.717, 1.165) is 28.0 Å². The van der Waals surface area contributed by atoms with Gasteiger partial charge in [-0.2, -0.15) is 0 Å². The highest BCUT2D eigenvalue weighted by atomic mass is 16.2. The third kappa shape index (κ3) is 4.02. The molecule has 1 heterocycles. The van der Waals surface area contributed by atoms with Gasteiger partial charge in [0.25, 0.3) is 5.91 Å². The first-order valence-electron chi connectivity index (χ1n) is 10.4. The van der Waals surface area contributed by atoms with Crippen LogP contribution in [0.15, 0.2) is 78.9 Å². The van der Waals surface area contributed by atoms with E-state index in [9.17, 15) is 9.59 Å². The summed E-state index contributed by atoms with van der Waals surface area (Å²) in [5.74, 6) is -0.175. The summed E-state index contributed by atoms with van der Waals surface area (Å²) in [6.45, 7) is 7.66. The maximum Gasteiger partial charge on any atom is 0.255 e. The number of rotatable bonds is 3. The fourth-order valence-electron chi connectivity index (χ4n) is 4.33. The van der Waals surface area contributed by atoms with Crippen LogP contribution in [0, 0.1) is 0 Å². The molecule has 31 heavy (non-hydrogen) atoms. The zero-order valence-electron chi connectivity index (χ0n) is 18.3. The van der Waals surface area contributed by atoms with Gasteiger partial charge >= 0.3 is 0 Å². The van der Waals surface area contributed by atoms with Gasteiger partial charge in [0.2, 0.25) is 5.91 Å². The van der Waals surface area contributed by atoms with E-state index >= 15 is 0 Å². The molecule has 2 amide bonds. The number of carbonyl (C=O) groups is 2. The lowest BCUT2D eigenvalue weighted by Crippen LogP contribution is -2.47. The van der Waals surface area contributed by atoms with Gasteiger partial charge in [-0.25, -0.2) is 0 Å². The summed E-state index contributed by atoms with van der Waals surface area (Å²) < 4.78 is 0. The van der Waals surface area contributed by atoms with Crippen LogP contribution < -0.4 is 10.2 Å². The standard InChI is InChI=1S/C27H26N2O2/c1-18-17-27(3,4)29(19(2)30)25-15-14-23(16-24(18)25)28-26(31)22-12-10-21(11-13-22)20-8-6-5-7-9-20/h5-17H,1-4H3,(H,28,31). The molecule has 4 rings (SSSR count). The number of hydrogen-bond donors (Lipinski definition) is 1. The maximum atomic E-state index is 12.8. The van der Waals surface area contributed by atoms with Crippen LogP contribution in [0.25, 0.3) is 16.7 Å². The molecule has 0 fully saturated rings. The Morgan fingerprint density at radius 2 is 1.52 bits per heavy atom. The van der Waals surface area contributed by atoms with Crippen molar-refractivity contribution in [3.8, 4) is 11.1 Å². The monoisotopic (exact) mass is 410 g/mol. The first-order valence-corrected chi connectivity index (χ1v) is 10.4. The van der Waals surface area contributed by atoms with Crippen LogP contribution in [0.1, 0.15) is 43.6 Å². The molecule has 0 unspecified atom stereocenters. The smallest absolute Gasteiger partial charge is 0.255 e. The van der Waals surface area contributed by atoms with Gasteiger partial charge in [0, 0.05) is 23.7 Å². The molecule has 0 radical (unpaired) electrons. The fraction of sp³-hybridized carbons (Fsp3) is 0.185. The molecule has 4 nitrogen and oxygen atoms in total. The lowest BCUT2D eigenvalue weighted by Gasteiger charge is -2.41. The summed E-state index contributed by atoms with van der Waals surface area (Å²) in [7, 11) is 0. The van der Waals surface area contributed by atoms with Gasteiger partial charge in [-0.05, 0) is 67.8 Å². The number of amides is 2. The predicted octanol–water partition coefficient (Wildman–Crippen LogP) is 6.15. The second-order valence-electron chi connectivity index (χ2n) is 8.46. The van der Waals surface area contributed by atoms with Gasteiger partial charge in [-0.3, -0.25) is 9.59 Å². The summed E-state index contributed by atoms with van der Waals surface area (Å²) >= 11 is 0. The van der Waals surface area contributed by atoms with Crippen molar-refractivity contribution in [2.24, 2.45) is 0 Å². The molecule has 0 spiro atoms. The first kappa shape index (κ1) is 20.6. The fourth-order valence-corrected chi connectivity index (χ4v) is 4.33. The summed E-state index contributed by atoms with van der Waals surface area (Å²) in [4.78, 5) is 26.9. The van der Waals surface area contributed by atoms with Crippen molar-refractivity contribution in [1.29, 1.82) is 0 Å². The van der Waals surface area contributed by atoms with Crippen molar-refractivity contribution in [2.45, 2.75) is 33.2 Å². The number of benzene rings is 3. The Hall–Kier alpha value is -3.66. The zero-order valence-corrected chi connectivity index (χ0v) is 18.3. The van der Waals surface area contributed by atoms with Crippen LogP contribution in [-0.2, 0) is 4.79 Å². The number of carbonyl (C=O) groups excluding carboxylic acids is 2. The minimum absolute atomic E-state index is 0.00899. The van der Waals surface area contributed by atoms with Gasteiger partial charge in [0.15, 0.2) is 0 Å². The predicted molar refractivity (Wildman–Crippen MR) is 127 cm³/mol. The van der Waals surface area contributed by atoms with E-state index in [1.807, 2.05) is 93.6 Å². The van der Waals surface area contributed by atoms with Crippen LogP contribution in [0.5, 0.6) is 0 Å². The lowest BCUT2D eigenvalue weighted by molar-refractivity contribution is -0.117. The molecule has 0 bridgehead atoms. The first-order chi connectivity index (χ1) is 14.8. The summed E-state index contributed by atoms with van der Waals surface area (Å²) in [5, 5.41) is 2.98. The highest BCUT2D eigenvalue weighted by Gasteiger charge is 2.34. The Balaban J connectivity index is 1.57. The van der Waals surface area contributed by atoms with E-state index in [-0.39, 0.29) is 11.8 Å². The molecular formula is C27H26N2O2.